The third kappa shape index (κ3) is 8.17. The molecule has 10 aromatic rings. The fraction of sp³-hybridized carbons (Fsp3) is 0.245. The summed E-state index contributed by atoms with van der Waals surface area (Å²) in [7, 11) is 1.90. The molecule has 21 heteroatoms. The minimum atomic E-state index is -3.00. The van der Waals surface area contributed by atoms with Crippen LogP contribution in [0.1, 0.15) is 28.9 Å². The van der Waals surface area contributed by atoms with Gasteiger partial charge in [0.05, 0.1) is 33.9 Å². The monoisotopic (exact) mass is 1010 g/mol. The van der Waals surface area contributed by atoms with E-state index in [4.69, 9.17) is 15.0 Å². The van der Waals surface area contributed by atoms with Crippen LogP contribution in [0.5, 0.6) is 5.75 Å². The molecule has 10 heterocycles. The maximum absolute atomic E-state index is 14.8. The fourth-order valence-corrected chi connectivity index (χ4v) is 10.6. The summed E-state index contributed by atoms with van der Waals surface area (Å²) in [6.45, 7) is -0.770. The summed E-state index contributed by atoms with van der Waals surface area (Å²) in [5, 5.41) is 8.75. The van der Waals surface area contributed by atoms with Gasteiger partial charge in [-0.05, 0) is 85.6 Å². The maximum Gasteiger partial charge on any atom is 0.387 e. The molecule has 8 aromatic heterocycles. The molecular weight excluding hydrogens is 964 g/mol. The first-order valence-corrected chi connectivity index (χ1v) is 24.1. The number of aromatic nitrogens is 8. The summed E-state index contributed by atoms with van der Waals surface area (Å²) < 4.78 is 80.4. The number of nitrogens with one attached hydrogen (secondary N) is 3. The van der Waals surface area contributed by atoms with Gasteiger partial charge in [-0.2, -0.15) is 8.78 Å². The summed E-state index contributed by atoms with van der Waals surface area (Å²) in [6.07, 6.45) is 4.13. The van der Waals surface area contributed by atoms with E-state index in [1.165, 1.54) is 24.4 Å². The average molecular weight is 1010 g/mol. The molecule has 376 valence electrons. The van der Waals surface area contributed by atoms with E-state index in [9.17, 15) is 36.3 Å². The second-order valence-electron chi connectivity index (χ2n) is 18.5. The van der Waals surface area contributed by atoms with E-state index < -0.39 is 24.4 Å². The van der Waals surface area contributed by atoms with Crippen LogP contribution in [-0.4, -0.2) is 88.0 Å². The van der Waals surface area contributed by atoms with Gasteiger partial charge in [0, 0.05) is 110 Å². The first-order valence-electron chi connectivity index (χ1n) is 24.1. The molecule has 2 aliphatic heterocycles. The molecule has 1 saturated heterocycles. The molecule has 0 bridgehead atoms. The Hall–Kier alpha value is -8.75. The van der Waals surface area contributed by atoms with Gasteiger partial charge in [0.2, 0.25) is 0 Å². The van der Waals surface area contributed by atoms with Crippen molar-refractivity contribution in [3.63, 3.8) is 0 Å². The Morgan fingerprint density at radius 3 is 2.20 bits per heavy atom. The first-order chi connectivity index (χ1) is 35.9. The summed E-state index contributed by atoms with van der Waals surface area (Å²) in [5.41, 5.74) is 4.12. The van der Waals surface area contributed by atoms with Gasteiger partial charge >= 0.3 is 6.61 Å². The van der Waals surface area contributed by atoms with E-state index in [-0.39, 0.29) is 61.2 Å². The largest absolute Gasteiger partial charge is 0.435 e. The van der Waals surface area contributed by atoms with Crippen molar-refractivity contribution >= 4 is 89.6 Å². The zero-order valence-electron chi connectivity index (χ0n) is 39.6. The first kappa shape index (κ1) is 46.3. The summed E-state index contributed by atoms with van der Waals surface area (Å²) in [6, 6.07) is 23.6. The zero-order valence-corrected chi connectivity index (χ0v) is 39.6. The van der Waals surface area contributed by atoms with Gasteiger partial charge in [0.1, 0.15) is 46.3 Å². The number of amides is 1. The van der Waals surface area contributed by atoms with Crippen LogP contribution in [0, 0.1) is 11.6 Å². The molecule has 3 N–H and O–H groups in total. The van der Waals surface area contributed by atoms with Crippen LogP contribution in [0.25, 0.3) is 54.9 Å². The Balaban J connectivity index is 0.878. The second kappa shape index (κ2) is 18.4. The number of aryl methyl sites for hydroxylation is 3. The Morgan fingerprint density at radius 1 is 0.743 bits per heavy atom. The molecule has 0 radical (unpaired) electrons. The molecule has 0 aliphatic carbocycles. The standard InChI is InChI=1S/C53H45F5N12O4/c1-65-38-16-20-66(51(72)45(38)34-10-14-43(64-47(34)65)68-19-3-4-29(54)28-68)23-25-70-40-17-21-67(52(73)46(40)35-9-13-42(63-49(35)70)61-31-7-11-36(55)37(56)27-31)22-24-69-39-15-18-59-50(71)44(39)33-8-12-41(62-48(33)69)60-30-5-2-6-32(26-30)74-53(57)58/h2,5-15,17-18,21,26-27,29,53H,3-4,16,19-20,22-25,28H2,1H3,(H,59,71)(H,60,62)(H,61,63). The lowest BCUT2D eigenvalue weighted by Gasteiger charge is -2.30. The predicted octanol–water partition coefficient (Wildman–Crippen LogP) is 9.13. The van der Waals surface area contributed by atoms with Crippen molar-refractivity contribution in [3.05, 3.63) is 147 Å². The highest BCUT2D eigenvalue weighted by Crippen LogP contribution is 2.34. The van der Waals surface area contributed by atoms with E-state index in [2.05, 4.69) is 20.4 Å². The highest BCUT2D eigenvalue weighted by Gasteiger charge is 2.32. The number of aromatic amines is 1. The number of carbonyl (C=O) groups excluding carboxylic acids is 1. The Kier molecular flexibility index (Phi) is 11.5. The molecule has 1 fully saturated rings. The number of piperidine rings is 1. The third-order valence-electron chi connectivity index (χ3n) is 14.1. The molecule has 16 nitrogen and oxygen atoms in total. The number of rotatable bonds is 13. The summed E-state index contributed by atoms with van der Waals surface area (Å²) >= 11 is 0. The van der Waals surface area contributed by atoms with Gasteiger partial charge in [-0.25, -0.2) is 28.1 Å². The van der Waals surface area contributed by atoms with Crippen molar-refractivity contribution in [2.75, 3.05) is 41.7 Å². The number of halogens is 5. The normalized spacial score (nSPS) is 15.1. The number of fused-ring (bicyclic) bond motifs is 9. The topological polar surface area (TPSA) is 165 Å². The van der Waals surface area contributed by atoms with Crippen molar-refractivity contribution in [3.8, 4) is 5.75 Å². The number of pyridine rings is 5. The number of hydrogen-bond acceptors (Lipinski definition) is 10. The van der Waals surface area contributed by atoms with Crippen LogP contribution < -0.4 is 31.4 Å². The summed E-state index contributed by atoms with van der Waals surface area (Å²) in [5.74, 6) is -0.891. The van der Waals surface area contributed by atoms with Crippen molar-refractivity contribution < 1.29 is 31.5 Å². The molecule has 0 spiro atoms. The quantitative estimate of drug-likeness (QED) is 0.0949. The van der Waals surface area contributed by atoms with Gasteiger partial charge in [0.15, 0.2) is 11.6 Å². The minimum absolute atomic E-state index is 0.0373. The lowest BCUT2D eigenvalue weighted by molar-refractivity contribution is -0.0498. The number of ether oxygens (including phenoxy) is 1. The zero-order chi connectivity index (χ0) is 50.9. The van der Waals surface area contributed by atoms with Crippen LogP contribution in [-0.2, 0) is 33.1 Å². The number of carbonyl (C=O) groups is 1. The van der Waals surface area contributed by atoms with Gasteiger partial charge in [-0.3, -0.25) is 14.4 Å². The molecular formula is C53H45F5N12O4. The van der Waals surface area contributed by atoms with Crippen molar-refractivity contribution in [2.24, 2.45) is 7.05 Å². The van der Waals surface area contributed by atoms with Crippen LogP contribution in [0.3, 0.4) is 0 Å². The molecule has 0 saturated carbocycles. The average Bonchev–Trinajstić information content (AvgIpc) is 4.01. The molecule has 2 aliphatic rings. The van der Waals surface area contributed by atoms with Crippen LogP contribution >= 0.6 is 0 Å². The molecule has 12 rings (SSSR count). The highest BCUT2D eigenvalue weighted by atomic mass is 19.3. The fourth-order valence-electron chi connectivity index (χ4n) is 10.6. The van der Waals surface area contributed by atoms with Crippen LogP contribution in [0.15, 0.2) is 113 Å². The van der Waals surface area contributed by atoms with Crippen LogP contribution in [0.4, 0.5) is 50.8 Å². The number of nitrogens with zero attached hydrogens (tertiary/aromatic N) is 9. The molecule has 1 atom stereocenters. The summed E-state index contributed by atoms with van der Waals surface area (Å²) in [4.78, 5) is 63.8. The number of alkyl halides is 3. The van der Waals surface area contributed by atoms with E-state index >= 15 is 0 Å². The Labute approximate surface area is 416 Å². The van der Waals surface area contributed by atoms with Crippen LogP contribution in [0.2, 0.25) is 0 Å². The van der Waals surface area contributed by atoms with Gasteiger partial charge in [0.25, 0.3) is 17.0 Å². The molecule has 74 heavy (non-hydrogen) atoms. The number of anilines is 5. The highest BCUT2D eigenvalue weighted by molar-refractivity contribution is 6.09. The van der Waals surface area contributed by atoms with Gasteiger partial charge < -0.3 is 48.4 Å². The van der Waals surface area contributed by atoms with Crippen molar-refractivity contribution in [1.82, 2.24) is 43.1 Å². The molecule has 1 amide bonds. The second-order valence-corrected chi connectivity index (χ2v) is 18.5. The number of H-pyrrole nitrogens is 1. The number of hydrogen-bond donors (Lipinski definition) is 3. The lowest BCUT2D eigenvalue weighted by atomic mass is 10.0. The maximum atomic E-state index is 14.8. The Bertz CT molecular complexity index is 4010. The lowest BCUT2D eigenvalue weighted by Crippen LogP contribution is -2.39. The molecule has 1 unspecified atom stereocenters. The predicted molar refractivity (Wildman–Crippen MR) is 272 cm³/mol. The number of benzene rings is 2. The van der Waals surface area contributed by atoms with E-state index in [0.717, 1.165) is 24.2 Å². The minimum Gasteiger partial charge on any atom is -0.435 e. The SMILES string of the molecule is Cn1c2c(c3ccc(N4CCCC(F)C4)nc31)C(=O)N(CCn1c3ccn(CCn4c5cc[nH]c(=O)c5c5ccc(Nc6cccc(OC(F)F)c6)nc54)c(=O)c3c3ccc(Nc4ccc(F)c(F)c4)nc31)CC2. The van der Waals surface area contributed by atoms with E-state index in [1.54, 1.807) is 58.1 Å². The smallest absolute Gasteiger partial charge is 0.387 e. The Morgan fingerprint density at radius 2 is 1.46 bits per heavy atom. The van der Waals surface area contributed by atoms with E-state index in [1.807, 2.05) is 43.8 Å². The van der Waals surface area contributed by atoms with Gasteiger partial charge in [-0.1, -0.05) is 6.07 Å². The van der Waals surface area contributed by atoms with E-state index in [0.29, 0.717) is 110 Å². The van der Waals surface area contributed by atoms with Crippen molar-refractivity contribution in [1.29, 1.82) is 0 Å². The van der Waals surface area contributed by atoms with Crippen molar-refractivity contribution in [2.45, 2.75) is 51.7 Å². The third-order valence-corrected chi connectivity index (χ3v) is 14.1. The van der Waals surface area contributed by atoms with Gasteiger partial charge in [-0.15, -0.1) is 0 Å². The molecule has 2 aromatic carbocycles.